The maximum Gasteiger partial charge on any atom is 0.123 e. The van der Waals surface area contributed by atoms with Gasteiger partial charge in [-0.15, -0.1) is 0 Å². The van der Waals surface area contributed by atoms with Crippen molar-refractivity contribution in [2.45, 2.75) is 13.0 Å². The van der Waals surface area contributed by atoms with Gasteiger partial charge in [-0.3, -0.25) is 5.84 Å². The van der Waals surface area contributed by atoms with Gasteiger partial charge in [0.2, 0.25) is 0 Å². The number of nitrogens with two attached hydrogens (primary N) is 1. The van der Waals surface area contributed by atoms with Crippen LogP contribution in [0.5, 0.6) is 0 Å². The lowest BCUT2D eigenvalue weighted by atomic mass is 9.98. The van der Waals surface area contributed by atoms with Gasteiger partial charge in [0.05, 0.1) is 6.04 Å². The fourth-order valence-electron chi connectivity index (χ4n) is 1.89. The largest absolute Gasteiger partial charge is 0.271 e. The van der Waals surface area contributed by atoms with Crippen LogP contribution in [-0.4, -0.2) is 0 Å². The van der Waals surface area contributed by atoms with Gasteiger partial charge in [-0.1, -0.05) is 40.2 Å². The van der Waals surface area contributed by atoms with Crippen molar-refractivity contribution in [1.29, 1.82) is 0 Å². The Morgan fingerprint density at radius 3 is 2.28 bits per heavy atom. The molecule has 0 aliphatic rings. The maximum atomic E-state index is 12.9. The van der Waals surface area contributed by atoms with Gasteiger partial charge in [0.1, 0.15) is 5.82 Å². The first-order valence-electron chi connectivity index (χ1n) is 5.59. The quantitative estimate of drug-likeness (QED) is 0.673. The summed E-state index contributed by atoms with van der Waals surface area (Å²) in [6, 6.07) is 12.2. The highest BCUT2D eigenvalue weighted by Gasteiger charge is 2.13. The second kappa shape index (κ2) is 5.61. The smallest absolute Gasteiger partial charge is 0.123 e. The molecular weight excluding hydrogens is 295 g/mol. The predicted molar refractivity (Wildman–Crippen MR) is 74.4 cm³/mol. The van der Waals surface area contributed by atoms with E-state index in [9.17, 15) is 4.39 Å². The van der Waals surface area contributed by atoms with Crippen LogP contribution in [-0.2, 0) is 0 Å². The Labute approximate surface area is 114 Å². The average molecular weight is 309 g/mol. The number of halogens is 2. The van der Waals surface area contributed by atoms with Crippen molar-refractivity contribution < 1.29 is 4.39 Å². The molecule has 0 aromatic heterocycles. The zero-order chi connectivity index (χ0) is 13.1. The van der Waals surface area contributed by atoms with E-state index in [4.69, 9.17) is 5.84 Å². The van der Waals surface area contributed by atoms with Crippen LogP contribution in [0.15, 0.2) is 46.9 Å². The zero-order valence-electron chi connectivity index (χ0n) is 9.95. The van der Waals surface area contributed by atoms with Gasteiger partial charge < -0.3 is 0 Å². The van der Waals surface area contributed by atoms with Crippen LogP contribution in [0.1, 0.15) is 22.7 Å². The summed E-state index contributed by atoms with van der Waals surface area (Å²) in [7, 11) is 0. The number of hydrogen-bond donors (Lipinski definition) is 2. The minimum absolute atomic E-state index is 0.141. The van der Waals surface area contributed by atoms with Crippen LogP contribution in [0.25, 0.3) is 0 Å². The highest BCUT2D eigenvalue weighted by Crippen LogP contribution is 2.25. The number of benzene rings is 2. The molecule has 0 heterocycles. The molecule has 0 aliphatic carbocycles. The Bertz CT molecular complexity index is 540. The molecule has 0 amide bonds. The van der Waals surface area contributed by atoms with Gasteiger partial charge in [-0.05, 0) is 41.8 Å². The molecule has 4 heteroatoms. The highest BCUT2D eigenvalue weighted by molar-refractivity contribution is 9.10. The van der Waals surface area contributed by atoms with Crippen LogP contribution in [0.4, 0.5) is 4.39 Å². The molecule has 2 aromatic rings. The molecule has 0 aliphatic heterocycles. The molecule has 0 fully saturated rings. The summed E-state index contributed by atoms with van der Waals surface area (Å²) >= 11 is 3.46. The summed E-state index contributed by atoms with van der Waals surface area (Å²) in [4.78, 5) is 0. The normalized spacial score (nSPS) is 12.4. The number of hydrazine groups is 1. The molecule has 0 radical (unpaired) electrons. The number of nitrogens with one attached hydrogen (secondary N) is 1. The lowest BCUT2D eigenvalue weighted by Gasteiger charge is -2.17. The lowest BCUT2D eigenvalue weighted by molar-refractivity contribution is 0.615. The molecule has 18 heavy (non-hydrogen) atoms. The molecule has 0 saturated carbocycles. The molecule has 0 saturated heterocycles. The standard InChI is InChI=1S/C14H14BrFN2/c1-9-8-11(4-7-13(9)15)14(18-17)10-2-5-12(16)6-3-10/h2-8,14,18H,17H2,1H3. The van der Waals surface area contributed by atoms with Gasteiger partial charge in [-0.25, -0.2) is 9.82 Å². The van der Waals surface area contributed by atoms with Crippen molar-refractivity contribution in [3.8, 4) is 0 Å². The average Bonchev–Trinajstić information content (AvgIpc) is 2.37. The Morgan fingerprint density at radius 1 is 1.11 bits per heavy atom. The topological polar surface area (TPSA) is 38.0 Å². The third-order valence-corrected chi connectivity index (χ3v) is 3.78. The van der Waals surface area contributed by atoms with Crippen LogP contribution in [0, 0.1) is 12.7 Å². The van der Waals surface area contributed by atoms with Crippen LogP contribution < -0.4 is 11.3 Å². The van der Waals surface area contributed by atoms with E-state index < -0.39 is 0 Å². The number of hydrogen-bond acceptors (Lipinski definition) is 2. The van der Waals surface area contributed by atoms with E-state index in [1.54, 1.807) is 12.1 Å². The first-order valence-corrected chi connectivity index (χ1v) is 6.39. The van der Waals surface area contributed by atoms with Gasteiger partial charge in [-0.2, -0.15) is 0 Å². The third kappa shape index (κ3) is 2.77. The van der Waals surface area contributed by atoms with Crippen LogP contribution >= 0.6 is 15.9 Å². The minimum atomic E-state index is -0.249. The van der Waals surface area contributed by atoms with E-state index in [2.05, 4.69) is 27.4 Å². The second-order valence-corrected chi connectivity index (χ2v) is 5.01. The molecule has 94 valence electrons. The molecule has 2 nitrogen and oxygen atoms in total. The Morgan fingerprint density at radius 2 is 1.72 bits per heavy atom. The Hall–Kier alpha value is -1.23. The van der Waals surface area contributed by atoms with Crippen LogP contribution in [0.2, 0.25) is 0 Å². The predicted octanol–water partition coefficient (Wildman–Crippen LogP) is 3.45. The van der Waals surface area contributed by atoms with E-state index in [0.717, 1.165) is 21.2 Å². The molecule has 3 N–H and O–H groups in total. The fraction of sp³-hybridized carbons (Fsp3) is 0.143. The summed E-state index contributed by atoms with van der Waals surface area (Å²) < 4.78 is 14.0. The zero-order valence-corrected chi connectivity index (χ0v) is 11.5. The molecule has 0 spiro atoms. The van der Waals surface area contributed by atoms with E-state index in [0.29, 0.717) is 0 Å². The maximum absolute atomic E-state index is 12.9. The summed E-state index contributed by atoms with van der Waals surface area (Å²) in [6.45, 7) is 2.02. The molecule has 1 atom stereocenters. The van der Waals surface area contributed by atoms with Gasteiger partial charge in [0.15, 0.2) is 0 Å². The Kier molecular flexibility index (Phi) is 4.11. The van der Waals surface area contributed by atoms with Gasteiger partial charge >= 0.3 is 0 Å². The first-order chi connectivity index (χ1) is 8.61. The van der Waals surface area contributed by atoms with Gasteiger partial charge in [0.25, 0.3) is 0 Å². The lowest BCUT2D eigenvalue weighted by Crippen LogP contribution is -2.28. The number of rotatable bonds is 3. The van der Waals surface area contributed by atoms with Gasteiger partial charge in [0, 0.05) is 4.47 Å². The van der Waals surface area contributed by atoms with Crippen molar-refractivity contribution in [1.82, 2.24) is 5.43 Å². The van der Waals surface area contributed by atoms with E-state index in [1.807, 2.05) is 19.1 Å². The first kappa shape index (κ1) is 13.2. The van der Waals surface area contributed by atoms with Crippen LogP contribution in [0.3, 0.4) is 0 Å². The third-order valence-electron chi connectivity index (χ3n) is 2.89. The van der Waals surface area contributed by atoms with Crippen molar-refractivity contribution in [2.24, 2.45) is 5.84 Å². The molecule has 2 rings (SSSR count). The molecular formula is C14H14BrFN2. The molecule has 0 bridgehead atoms. The summed E-state index contributed by atoms with van der Waals surface area (Å²) in [5.74, 6) is 5.36. The fourth-order valence-corrected chi connectivity index (χ4v) is 2.13. The second-order valence-electron chi connectivity index (χ2n) is 4.16. The SMILES string of the molecule is Cc1cc(C(NN)c2ccc(F)cc2)ccc1Br. The number of aryl methyl sites for hydroxylation is 1. The van der Waals surface area contributed by atoms with E-state index in [-0.39, 0.29) is 11.9 Å². The molecule has 2 aromatic carbocycles. The van der Waals surface area contributed by atoms with Crippen molar-refractivity contribution in [2.75, 3.05) is 0 Å². The minimum Gasteiger partial charge on any atom is -0.271 e. The monoisotopic (exact) mass is 308 g/mol. The van der Waals surface area contributed by atoms with E-state index >= 15 is 0 Å². The molecule has 1 unspecified atom stereocenters. The summed E-state index contributed by atoms with van der Waals surface area (Å²) in [5.41, 5.74) is 5.87. The van der Waals surface area contributed by atoms with Crippen molar-refractivity contribution in [3.05, 3.63) is 69.4 Å². The summed E-state index contributed by atoms with van der Waals surface area (Å²) in [5, 5.41) is 0. The highest BCUT2D eigenvalue weighted by atomic mass is 79.9. The summed E-state index contributed by atoms with van der Waals surface area (Å²) in [6.07, 6.45) is 0. The van der Waals surface area contributed by atoms with Crippen molar-refractivity contribution in [3.63, 3.8) is 0 Å². The van der Waals surface area contributed by atoms with Crippen molar-refractivity contribution >= 4 is 15.9 Å². The van der Waals surface area contributed by atoms with E-state index in [1.165, 1.54) is 12.1 Å². The Balaban J connectivity index is 2.38.